The number of ether oxygens (including phenoxy) is 1. The molecule has 1 unspecified atom stereocenters. The van der Waals surface area contributed by atoms with Crippen LogP contribution in [0, 0.1) is 13.8 Å². The van der Waals surface area contributed by atoms with Crippen molar-refractivity contribution in [1.29, 1.82) is 0 Å². The molecule has 0 bridgehead atoms. The number of sulfonamides is 1. The first-order chi connectivity index (χ1) is 12.7. The van der Waals surface area contributed by atoms with Gasteiger partial charge in [0.25, 0.3) is 0 Å². The molecule has 2 N–H and O–H groups in total. The summed E-state index contributed by atoms with van der Waals surface area (Å²) in [5.41, 5.74) is 3.18. The molecule has 0 fully saturated rings. The Bertz CT molecular complexity index is 854. The van der Waals surface area contributed by atoms with Crippen LogP contribution in [0.3, 0.4) is 0 Å². The zero-order chi connectivity index (χ0) is 20.2. The Kier molecular flexibility index (Phi) is 6.86. The molecule has 0 radical (unpaired) electrons. The molecule has 6 nitrogen and oxygen atoms in total. The van der Waals surface area contributed by atoms with Gasteiger partial charge in [0.2, 0.25) is 10.0 Å². The second kappa shape index (κ2) is 8.73. The average molecular weight is 393 g/mol. The molecule has 0 aliphatic carbocycles. The Balaban J connectivity index is 2.12. The zero-order valence-electron chi connectivity index (χ0n) is 16.5. The summed E-state index contributed by atoms with van der Waals surface area (Å²) in [4.78, 5) is 2.12. The van der Waals surface area contributed by atoms with E-state index in [0.29, 0.717) is 17.9 Å². The monoisotopic (exact) mass is 392 g/mol. The third kappa shape index (κ3) is 5.22. The summed E-state index contributed by atoms with van der Waals surface area (Å²) >= 11 is 0. The van der Waals surface area contributed by atoms with E-state index in [0.717, 1.165) is 16.8 Å². The van der Waals surface area contributed by atoms with Crippen molar-refractivity contribution in [2.24, 2.45) is 0 Å². The van der Waals surface area contributed by atoms with E-state index in [9.17, 15) is 13.5 Å². The predicted molar refractivity (Wildman–Crippen MR) is 108 cm³/mol. The van der Waals surface area contributed by atoms with Gasteiger partial charge in [-0.2, -0.15) is 0 Å². The summed E-state index contributed by atoms with van der Waals surface area (Å²) in [5.74, 6) is 0.706. The molecular weight excluding hydrogens is 364 g/mol. The van der Waals surface area contributed by atoms with E-state index in [4.69, 9.17) is 4.74 Å². The largest absolute Gasteiger partial charge is 0.493 e. The maximum absolute atomic E-state index is 12.6. The minimum atomic E-state index is -3.74. The summed E-state index contributed by atoms with van der Waals surface area (Å²) < 4.78 is 33.3. The minimum Gasteiger partial charge on any atom is -0.493 e. The minimum absolute atomic E-state index is 0.102. The molecule has 0 aliphatic heterocycles. The van der Waals surface area contributed by atoms with Crippen LogP contribution in [0.4, 0.5) is 5.69 Å². The van der Waals surface area contributed by atoms with Crippen LogP contribution in [0.2, 0.25) is 0 Å². The van der Waals surface area contributed by atoms with E-state index in [2.05, 4.69) is 4.72 Å². The van der Waals surface area contributed by atoms with Crippen molar-refractivity contribution in [2.45, 2.75) is 31.8 Å². The van der Waals surface area contributed by atoms with Crippen molar-refractivity contribution >= 4 is 15.7 Å². The molecule has 0 aromatic heterocycles. The summed E-state index contributed by atoms with van der Waals surface area (Å²) in [6.07, 6.45) is -0.930. The summed E-state index contributed by atoms with van der Waals surface area (Å²) in [7, 11) is 0.126. The number of aryl methyl sites for hydroxylation is 2. The first-order valence-electron chi connectivity index (χ1n) is 8.84. The average Bonchev–Trinajstić information content (AvgIpc) is 2.62. The van der Waals surface area contributed by atoms with E-state index >= 15 is 0 Å². The molecule has 7 heteroatoms. The highest BCUT2D eigenvalue weighted by Gasteiger charge is 2.19. The Morgan fingerprint density at radius 1 is 1.11 bits per heavy atom. The van der Waals surface area contributed by atoms with E-state index in [1.54, 1.807) is 24.3 Å². The van der Waals surface area contributed by atoms with Crippen molar-refractivity contribution in [3.8, 4) is 5.75 Å². The molecule has 148 valence electrons. The summed E-state index contributed by atoms with van der Waals surface area (Å²) in [6.45, 7) is 5.94. The van der Waals surface area contributed by atoms with Crippen LogP contribution in [0.15, 0.2) is 41.3 Å². The van der Waals surface area contributed by atoms with Crippen LogP contribution in [0.25, 0.3) is 0 Å². The number of aliphatic hydroxyl groups is 1. The molecule has 0 spiro atoms. The molecule has 1 atom stereocenters. The summed E-state index contributed by atoms with van der Waals surface area (Å²) in [5, 5.41) is 10.3. The van der Waals surface area contributed by atoms with Crippen LogP contribution in [-0.2, 0) is 10.0 Å². The van der Waals surface area contributed by atoms with Crippen molar-refractivity contribution in [2.75, 3.05) is 32.1 Å². The first-order valence-corrected chi connectivity index (χ1v) is 10.3. The lowest BCUT2D eigenvalue weighted by Crippen LogP contribution is -2.28. The topological polar surface area (TPSA) is 78.9 Å². The highest BCUT2D eigenvalue weighted by atomic mass is 32.2. The number of anilines is 1. The fourth-order valence-corrected chi connectivity index (χ4v) is 4.03. The Labute approximate surface area is 161 Å². The van der Waals surface area contributed by atoms with Crippen molar-refractivity contribution in [3.05, 3.63) is 53.1 Å². The molecule has 27 heavy (non-hydrogen) atoms. The second-order valence-electron chi connectivity index (χ2n) is 6.67. The van der Waals surface area contributed by atoms with Gasteiger partial charge in [0.15, 0.2) is 0 Å². The Morgan fingerprint density at radius 3 is 2.15 bits per heavy atom. The standard InChI is InChI=1S/C20H28N2O4S/c1-6-26-20-14(2)11-18(12-15(20)3)27(24,25)21-13-19(23)16-7-9-17(10-8-16)22(4)5/h7-12,19,21,23H,6,13H2,1-5H3. The SMILES string of the molecule is CCOc1c(C)cc(S(=O)(=O)NCC(O)c2ccc(N(C)C)cc2)cc1C. The van der Waals surface area contributed by atoms with Gasteiger partial charge in [-0.25, -0.2) is 13.1 Å². The van der Waals surface area contributed by atoms with E-state index < -0.39 is 16.1 Å². The third-order valence-corrected chi connectivity index (χ3v) is 5.70. The smallest absolute Gasteiger partial charge is 0.240 e. The number of aliphatic hydroxyl groups excluding tert-OH is 1. The molecule has 2 aromatic carbocycles. The molecule has 0 saturated heterocycles. The van der Waals surface area contributed by atoms with Gasteiger partial charge < -0.3 is 14.7 Å². The fourth-order valence-electron chi connectivity index (χ4n) is 2.82. The van der Waals surface area contributed by atoms with Crippen LogP contribution < -0.4 is 14.4 Å². The normalized spacial score (nSPS) is 12.7. The van der Waals surface area contributed by atoms with Gasteiger partial charge in [0, 0.05) is 26.3 Å². The third-order valence-electron chi connectivity index (χ3n) is 4.29. The number of nitrogens with zero attached hydrogens (tertiary/aromatic N) is 1. The molecular formula is C20H28N2O4S. The number of hydrogen-bond donors (Lipinski definition) is 2. The lowest BCUT2D eigenvalue weighted by Gasteiger charge is -2.17. The van der Waals surface area contributed by atoms with Gasteiger partial charge in [0.1, 0.15) is 5.75 Å². The molecule has 2 aromatic rings. The van der Waals surface area contributed by atoms with Crippen LogP contribution >= 0.6 is 0 Å². The quantitative estimate of drug-likeness (QED) is 0.722. The maximum Gasteiger partial charge on any atom is 0.240 e. The van der Waals surface area contributed by atoms with Crippen LogP contribution in [0.5, 0.6) is 5.75 Å². The van der Waals surface area contributed by atoms with Gasteiger partial charge in [-0.15, -0.1) is 0 Å². The lowest BCUT2D eigenvalue weighted by molar-refractivity contribution is 0.182. The van der Waals surface area contributed by atoms with Gasteiger partial charge >= 0.3 is 0 Å². The highest BCUT2D eigenvalue weighted by molar-refractivity contribution is 7.89. The van der Waals surface area contributed by atoms with Crippen molar-refractivity contribution in [3.63, 3.8) is 0 Å². The molecule has 0 heterocycles. The van der Waals surface area contributed by atoms with Gasteiger partial charge in [-0.05, 0) is 61.7 Å². The van der Waals surface area contributed by atoms with Crippen molar-refractivity contribution < 1.29 is 18.3 Å². The van der Waals surface area contributed by atoms with Crippen LogP contribution in [0.1, 0.15) is 29.7 Å². The highest BCUT2D eigenvalue weighted by Crippen LogP contribution is 2.27. The second-order valence-corrected chi connectivity index (χ2v) is 8.44. The van der Waals surface area contributed by atoms with Gasteiger partial charge in [0.05, 0.1) is 17.6 Å². The number of hydrogen-bond acceptors (Lipinski definition) is 5. The fraction of sp³-hybridized carbons (Fsp3) is 0.400. The van der Waals surface area contributed by atoms with Gasteiger partial charge in [-0.3, -0.25) is 0 Å². The molecule has 0 saturated carbocycles. The van der Waals surface area contributed by atoms with Crippen molar-refractivity contribution in [1.82, 2.24) is 4.72 Å². The number of rotatable bonds is 8. The molecule has 0 amide bonds. The Hall–Kier alpha value is -2.09. The lowest BCUT2D eigenvalue weighted by atomic mass is 10.1. The summed E-state index contributed by atoms with van der Waals surface area (Å²) in [6, 6.07) is 10.5. The predicted octanol–water partition coefficient (Wildman–Crippen LogP) is 2.78. The zero-order valence-corrected chi connectivity index (χ0v) is 17.3. The number of nitrogens with one attached hydrogen (secondary N) is 1. The van der Waals surface area contributed by atoms with E-state index in [1.807, 2.05) is 51.9 Å². The first kappa shape index (κ1) is 21.2. The van der Waals surface area contributed by atoms with Gasteiger partial charge in [-0.1, -0.05) is 12.1 Å². The molecule has 0 aliphatic rings. The van der Waals surface area contributed by atoms with E-state index in [-0.39, 0.29) is 11.4 Å². The number of benzene rings is 2. The van der Waals surface area contributed by atoms with E-state index in [1.165, 1.54) is 0 Å². The molecule has 2 rings (SSSR count). The van der Waals surface area contributed by atoms with Crippen LogP contribution in [-0.4, -0.2) is 40.8 Å². The Morgan fingerprint density at radius 2 is 1.67 bits per heavy atom. The maximum atomic E-state index is 12.6.